The van der Waals surface area contributed by atoms with Crippen LogP contribution in [0.25, 0.3) is 0 Å². The number of piperidine rings is 2. The van der Waals surface area contributed by atoms with Crippen molar-refractivity contribution in [2.45, 2.75) is 64.5 Å². The normalized spacial score (nSPS) is 26.1. The highest BCUT2D eigenvalue weighted by Crippen LogP contribution is 2.38. The molecule has 3 aliphatic heterocycles. The summed E-state index contributed by atoms with van der Waals surface area (Å²) in [6.45, 7) is 5.51. The standard InChI is InChI=1S/C27H40N4O4/c1-20(32)31-14-10-23-21(19-31)7-5-6-11-27(26(34)28-17-25(33)29-23)12-15-30(16-13-27)18-22-8-3-4-9-24(22)35-2/h3-4,8-9,21,23H,5-7,10-19H2,1-2H3,(H,28,34)(H,29,33)/t21-,23+/m0/s1. The highest BCUT2D eigenvalue weighted by molar-refractivity contribution is 5.88. The fourth-order valence-corrected chi connectivity index (χ4v) is 6.08. The Morgan fingerprint density at radius 1 is 1.09 bits per heavy atom. The molecular formula is C27H40N4O4. The lowest BCUT2D eigenvalue weighted by Crippen LogP contribution is -2.55. The van der Waals surface area contributed by atoms with Gasteiger partial charge in [0.25, 0.3) is 0 Å². The summed E-state index contributed by atoms with van der Waals surface area (Å²) in [6.07, 6.45) is 6.15. The molecule has 3 heterocycles. The molecule has 1 aromatic rings. The maximum Gasteiger partial charge on any atom is 0.239 e. The molecule has 0 radical (unpaired) electrons. The molecule has 0 saturated carbocycles. The summed E-state index contributed by atoms with van der Waals surface area (Å²) in [5.74, 6) is 1.16. The highest BCUT2D eigenvalue weighted by atomic mass is 16.5. The second-order valence-corrected chi connectivity index (χ2v) is 10.5. The van der Waals surface area contributed by atoms with Crippen LogP contribution in [0.1, 0.15) is 57.4 Å². The third-order valence-electron chi connectivity index (χ3n) is 8.30. The molecule has 1 aromatic carbocycles. The zero-order chi connectivity index (χ0) is 24.8. The van der Waals surface area contributed by atoms with Crippen LogP contribution in [0, 0.1) is 11.3 Å². The van der Waals surface area contributed by atoms with E-state index in [4.69, 9.17) is 4.74 Å². The van der Waals surface area contributed by atoms with Gasteiger partial charge in [0.1, 0.15) is 5.75 Å². The lowest BCUT2D eigenvalue weighted by atomic mass is 9.73. The minimum absolute atomic E-state index is 0.0190. The fourth-order valence-electron chi connectivity index (χ4n) is 6.08. The summed E-state index contributed by atoms with van der Waals surface area (Å²) in [4.78, 5) is 42.2. The maximum atomic E-state index is 13.3. The quantitative estimate of drug-likeness (QED) is 0.687. The van der Waals surface area contributed by atoms with Crippen LogP contribution < -0.4 is 15.4 Å². The third kappa shape index (κ3) is 6.15. The molecule has 0 unspecified atom stereocenters. The van der Waals surface area contributed by atoms with E-state index in [-0.39, 0.29) is 36.2 Å². The second kappa shape index (κ2) is 11.4. The minimum atomic E-state index is -0.422. The van der Waals surface area contributed by atoms with Crippen LogP contribution in [-0.4, -0.2) is 73.4 Å². The largest absolute Gasteiger partial charge is 0.496 e. The Morgan fingerprint density at radius 3 is 2.60 bits per heavy atom. The third-order valence-corrected chi connectivity index (χ3v) is 8.30. The number of hydrogen-bond donors (Lipinski definition) is 2. The number of amides is 3. The summed E-state index contributed by atoms with van der Waals surface area (Å²) >= 11 is 0. The molecule has 3 fully saturated rings. The van der Waals surface area contributed by atoms with Gasteiger partial charge in [-0.05, 0) is 57.2 Å². The van der Waals surface area contributed by atoms with Gasteiger partial charge in [0, 0.05) is 38.2 Å². The molecule has 0 bridgehead atoms. The van der Waals surface area contributed by atoms with Crippen LogP contribution in [0.4, 0.5) is 0 Å². The van der Waals surface area contributed by atoms with Gasteiger partial charge in [-0.25, -0.2) is 0 Å². The Hall–Kier alpha value is -2.61. The predicted molar refractivity (Wildman–Crippen MR) is 134 cm³/mol. The molecule has 8 nitrogen and oxygen atoms in total. The molecule has 8 heteroatoms. The number of carbonyl (C=O) groups is 3. The van der Waals surface area contributed by atoms with E-state index in [9.17, 15) is 14.4 Å². The molecular weight excluding hydrogens is 444 g/mol. The van der Waals surface area contributed by atoms with E-state index in [0.29, 0.717) is 13.1 Å². The van der Waals surface area contributed by atoms with E-state index < -0.39 is 5.41 Å². The van der Waals surface area contributed by atoms with Crippen molar-refractivity contribution in [3.63, 3.8) is 0 Å². The lowest BCUT2D eigenvalue weighted by molar-refractivity contribution is -0.137. The maximum absolute atomic E-state index is 13.3. The van der Waals surface area contributed by atoms with Gasteiger partial charge in [-0.15, -0.1) is 0 Å². The molecule has 3 amide bonds. The van der Waals surface area contributed by atoms with Crippen LogP contribution >= 0.6 is 0 Å². The average Bonchev–Trinajstić information content (AvgIpc) is 2.86. The first-order valence-corrected chi connectivity index (χ1v) is 13.1. The Balaban J connectivity index is 1.39. The van der Waals surface area contributed by atoms with E-state index >= 15 is 0 Å². The first-order chi connectivity index (χ1) is 16.9. The van der Waals surface area contributed by atoms with Crippen molar-refractivity contribution in [1.82, 2.24) is 20.4 Å². The van der Waals surface area contributed by atoms with Crippen LogP contribution in [0.5, 0.6) is 5.75 Å². The summed E-state index contributed by atoms with van der Waals surface area (Å²) in [5.41, 5.74) is 0.737. The highest BCUT2D eigenvalue weighted by Gasteiger charge is 2.41. The van der Waals surface area contributed by atoms with Gasteiger partial charge >= 0.3 is 0 Å². The molecule has 35 heavy (non-hydrogen) atoms. The zero-order valence-electron chi connectivity index (χ0n) is 21.2. The van der Waals surface area contributed by atoms with E-state index in [1.165, 1.54) is 0 Å². The number of carbonyl (C=O) groups excluding carboxylic acids is 3. The van der Waals surface area contributed by atoms with Crippen molar-refractivity contribution >= 4 is 17.7 Å². The summed E-state index contributed by atoms with van der Waals surface area (Å²) in [7, 11) is 1.70. The van der Waals surface area contributed by atoms with Crippen LogP contribution in [0.2, 0.25) is 0 Å². The number of ether oxygens (including phenoxy) is 1. The number of methoxy groups -OCH3 is 1. The molecule has 1 spiro atoms. The number of fused-ring (bicyclic) bond motifs is 1. The van der Waals surface area contributed by atoms with Gasteiger partial charge in [0.15, 0.2) is 0 Å². The van der Waals surface area contributed by atoms with Crippen LogP contribution in [-0.2, 0) is 20.9 Å². The van der Waals surface area contributed by atoms with Gasteiger partial charge in [-0.3, -0.25) is 19.3 Å². The van der Waals surface area contributed by atoms with Gasteiger partial charge < -0.3 is 20.3 Å². The number of benzene rings is 1. The topological polar surface area (TPSA) is 91.0 Å². The van der Waals surface area contributed by atoms with Gasteiger partial charge in [-0.2, -0.15) is 0 Å². The first kappa shape index (κ1) is 25.5. The van der Waals surface area contributed by atoms with Crippen molar-refractivity contribution in [1.29, 1.82) is 0 Å². The predicted octanol–water partition coefficient (Wildman–Crippen LogP) is 2.32. The molecule has 3 aliphatic rings. The van der Waals surface area contributed by atoms with Crippen LogP contribution in [0.3, 0.4) is 0 Å². The van der Waals surface area contributed by atoms with Gasteiger partial charge in [-0.1, -0.05) is 31.0 Å². The van der Waals surface area contributed by atoms with Crippen molar-refractivity contribution in [3.8, 4) is 5.75 Å². The number of para-hydroxylation sites is 1. The van der Waals surface area contributed by atoms with E-state index in [0.717, 1.165) is 75.9 Å². The number of likely N-dealkylation sites (tertiary alicyclic amines) is 2. The SMILES string of the molecule is COc1ccccc1CN1CCC2(CCCC[C@H]3CN(C(C)=O)CC[C@H]3NC(=O)CNC2=O)CC1. The van der Waals surface area contributed by atoms with E-state index in [1.54, 1.807) is 14.0 Å². The Kier molecular flexibility index (Phi) is 8.31. The molecule has 2 atom stereocenters. The van der Waals surface area contributed by atoms with Crippen molar-refractivity contribution in [2.75, 3.05) is 39.8 Å². The minimum Gasteiger partial charge on any atom is -0.496 e. The summed E-state index contributed by atoms with van der Waals surface area (Å²) in [5, 5.41) is 6.10. The Labute approximate surface area is 208 Å². The van der Waals surface area contributed by atoms with E-state index in [2.05, 4.69) is 21.6 Å². The van der Waals surface area contributed by atoms with Crippen molar-refractivity contribution in [3.05, 3.63) is 29.8 Å². The van der Waals surface area contributed by atoms with Crippen LogP contribution in [0.15, 0.2) is 24.3 Å². The van der Waals surface area contributed by atoms with E-state index in [1.807, 2.05) is 23.1 Å². The Morgan fingerprint density at radius 2 is 1.86 bits per heavy atom. The number of nitrogens with one attached hydrogen (secondary N) is 2. The fraction of sp³-hybridized carbons (Fsp3) is 0.667. The van der Waals surface area contributed by atoms with Gasteiger partial charge in [0.2, 0.25) is 17.7 Å². The molecule has 3 saturated heterocycles. The van der Waals surface area contributed by atoms with Gasteiger partial charge in [0.05, 0.1) is 19.1 Å². The van der Waals surface area contributed by atoms with Crippen molar-refractivity contribution < 1.29 is 19.1 Å². The second-order valence-electron chi connectivity index (χ2n) is 10.5. The number of hydrogen-bond acceptors (Lipinski definition) is 5. The molecule has 0 aromatic heterocycles. The smallest absolute Gasteiger partial charge is 0.239 e. The molecule has 4 rings (SSSR count). The zero-order valence-corrected chi connectivity index (χ0v) is 21.2. The van der Waals surface area contributed by atoms with Crippen molar-refractivity contribution in [2.24, 2.45) is 11.3 Å². The summed E-state index contributed by atoms with van der Waals surface area (Å²) in [6, 6.07) is 8.16. The first-order valence-electron chi connectivity index (χ1n) is 13.1. The number of rotatable bonds is 3. The monoisotopic (exact) mass is 484 g/mol. The lowest BCUT2D eigenvalue weighted by Gasteiger charge is -2.42. The number of nitrogens with zero attached hydrogens (tertiary/aromatic N) is 2. The molecule has 0 aliphatic carbocycles. The Bertz CT molecular complexity index is 912. The molecule has 2 N–H and O–H groups in total. The molecule has 192 valence electrons. The summed E-state index contributed by atoms with van der Waals surface area (Å²) < 4.78 is 5.51. The average molecular weight is 485 g/mol.